The molecule has 0 fully saturated rings. The van der Waals surface area contributed by atoms with Crippen LogP contribution in [0, 0.1) is 6.92 Å². The number of hydrogen-bond acceptors (Lipinski definition) is 3. The van der Waals surface area contributed by atoms with Gasteiger partial charge in [0.1, 0.15) is 0 Å². The minimum atomic E-state index is 0.779. The Morgan fingerprint density at radius 2 is 2.00 bits per heavy atom. The average Bonchev–Trinajstić information content (AvgIpc) is 2.65. The van der Waals surface area contributed by atoms with Gasteiger partial charge in [-0.15, -0.1) is 11.8 Å². The van der Waals surface area contributed by atoms with Crippen LogP contribution in [-0.4, -0.2) is 16.8 Å². The Balaban J connectivity index is 2.12. The molecule has 0 unspecified atom stereocenters. The van der Waals surface area contributed by atoms with Gasteiger partial charge in [0.25, 0.3) is 0 Å². The van der Waals surface area contributed by atoms with Crippen LogP contribution in [0.15, 0.2) is 29.3 Å². The molecule has 0 aliphatic rings. The predicted octanol–water partition coefficient (Wildman–Crippen LogP) is 3.39. The first-order valence-corrected chi connectivity index (χ1v) is 7.52. The molecule has 102 valence electrons. The van der Waals surface area contributed by atoms with Crippen LogP contribution in [0.2, 0.25) is 5.02 Å². The molecule has 0 saturated carbocycles. The second-order valence-corrected chi connectivity index (χ2v) is 5.84. The van der Waals surface area contributed by atoms with Crippen molar-refractivity contribution in [3.63, 3.8) is 0 Å². The minimum absolute atomic E-state index is 0.779. The highest BCUT2D eigenvalue weighted by Gasteiger charge is 2.12. The van der Waals surface area contributed by atoms with Gasteiger partial charge in [-0.1, -0.05) is 23.7 Å². The average molecular weight is 296 g/mol. The molecular weight excluding hydrogens is 278 g/mol. The topological polar surface area (TPSA) is 29.9 Å². The maximum Gasteiger partial charge on any atom is 0.0987 e. The number of aryl methyl sites for hydroxylation is 2. The zero-order chi connectivity index (χ0) is 13.8. The van der Waals surface area contributed by atoms with Gasteiger partial charge in [0, 0.05) is 29.9 Å². The largest absolute Gasteiger partial charge is 0.316 e. The summed E-state index contributed by atoms with van der Waals surface area (Å²) in [5.74, 6) is 0.923. The third kappa shape index (κ3) is 3.53. The van der Waals surface area contributed by atoms with Crippen LogP contribution in [0.5, 0.6) is 0 Å². The molecule has 0 amide bonds. The summed E-state index contributed by atoms with van der Waals surface area (Å²) in [6.45, 7) is 2.90. The molecule has 0 spiro atoms. The fraction of sp³-hybridized carbons (Fsp3) is 0.357. The molecule has 2 aromatic rings. The summed E-state index contributed by atoms with van der Waals surface area (Å²) in [5, 5.41) is 9.69. The van der Waals surface area contributed by atoms with Crippen molar-refractivity contribution in [3.8, 4) is 0 Å². The van der Waals surface area contributed by atoms with Crippen molar-refractivity contribution in [2.45, 2.75) is 24.2 Å². The van der Waals surface area contributed by atoms with Crippen LogP contribution in [0.25, 0.3) is 0 Å². The Morgan fingerprint density at radius 1 is 1.32 bits per heavy atom. The van der Waals surface area contributed by atoms with Crippen molar-refractivity contribution in [2.75, 3.05) is 7.05 Å². The lowest BCUT2D eigenvalue weighted by Gasteiger charge is -2.06. The van der Waals surface area contributed by atoms with Crippen molar-refractivity contribution in [1.82, 2.24) is 15.1 Å². The van der Waals surface area contributed by atoms with Gasteiger partial charge < -0.3 is 5.32 Å². The summed E-state index contributed by atoms with van der Waals surface area (Å²) in [6, 6.07) is 7.99. The standard InChI is InChI=1S/C14H18ClN3S/c1-10-13(8-16-2)14(18(3)17-10)19-9-11-4-6-12(15)7-5-11/h4-7,16H,8-9H2,1-3H3. The summed E-state index contributed by atoms with van der Waals surface area (Å²) in [5.41, 5.74) is 3.64. The normalized spacial score (nSPS) is 10.9. The molecule has 3 nitrogen and oxygen atoms in total. The molecule has 0 aliphatic heterocycles. The minimum Gasteiger partial charge on any atom is -0.316 e. The van der Waals surface area contributed by atoms with E-state index in [1.807, 2.05) is 42.7 Å². The number of rotatable bonds is 5. The van der Waals surface area contributed by atoms with Crippen LogP contribution in [0.4, 0.5) is 0 Å². The van der Waals surface area contributed by atoms with E-state index >= 15 is 0 Å². The van der Waals surface area contributed by atoms with Crippen LogP contribution >= 0.6 is 23.4 Å². The van der Waals surface area contributed by atoms with E-state index in [1.54, 1.807) is 0 Å². The lowest BCUT2D eigenvalue weighted by Crippen LogP contribution is -2.06. The summed E-state index contributed by atoms with van der Waals surface area (Å²) in [7, 11) is 3.95. The Labute approximate surface area is 123 Å². The number of hydrogen-bond donors (Lipinski definition) is 1. The van der Waals surface area contributed by atoms with Crippen molar-refractivity contribution < 1.29 is 0 Å². The molecule has 0 atom stereocenters. The number of nitrogens with one attached hydrogen (secondary N) is 1. The molecule has 19 heavy (non-hydrogen) atoms. The lowest BCUT2D eigenvalue weighted by atomic mass is 10.2. The quantitative estimate of drug-likeness (QED) is 0.858. The molecule has 0 aliphatic carbocycles. The zero-order valence-corrected chi connectivity index (χ0v) is 13.0. The van der Waals surface area contributed by atoms with Gasteiger partial charge in [0.05, 0.1) is 10.7 Å². The highest BCUT2D eigenvalue weighted by Crippen LogP contribution is 2.28. The van der Waals surface area contributed by atoms with Crippen molar-refractivity contribution >= 4 is 23.4 Å². The number of thioether (sulfide) groups is 1. The monoisotopic (exact) mass is 295 g/mol. The molecule has 0 radical (unpaired) electrons. The summed E-state index contributed by atoms with van der Waals surface area (Å²) >= 11 is 7.71. The number of nitrogens with zero attached hydrogens (tertiary/aromatic N) is 2. The summed E-state index contributed by atoms with van der Waals surface area (Å²) in [6.07, 6.45) is 0. The van der Waals surface area contributed by atoms with Crippen molar-refractivity contribution in [3.05, 3.63) is 46.1 Å². The highest BCUT2D eigenvalue weighted by molar-refractivity contribution is 7.98. The molecule has 0 bridgehead atoms. The Kier molecular flexibility index (Phi) is 4.91. The van der Waals surface area contributed by atoms with E-state index in [1.165, 1.54) is 16.2 Å². The Hall–Kier alpha value is -0.970. The van der Waals surface area contributed by atoms with Gasteiger partial charge in [-0.05, 0) is 31.7 Å². The second kappa shape index (κ2) is 6.46. The van der Waals surface area contributed by atoms with E-state index < -0.39 is 0 Å². The van der Waals surface area contributed by atoms with Crippen molar-refractivity contribution in [2.24, 2.45) is 7.05 Å². The van der Waals surface area contributed by atoms with E-state index in [0.717, 1.165) is 23.0 Å². The number of aromatic nitrogens is 2. The van der Waals surface area contributed by atoms with Gasteiger partial charge >= 0.3 is 0 Å². The lowest BCUT2D eigenvalue weighted by molar-refractivity contribution is 0.683. The van der Waals surface area contributed by atoms with Crippen LogP contribution in [0.3, 0.4) is 0 Å². The van der Waals surface area contributed by atoms with Crippen LogP contribution in [-0.2, 0) is 19.3 Å². The van der Waals surface area contributed by atoms with E-state index in [9.17, 15) is 0 Å². The van der Waals surface area contributed by atoms with Crippen LogP contribution < -0.4 is 5.32 Å². The van der Waals surface area contributed by atoms with Crippen molar-refractivity contribution in [1.29, 1.82) is 0 Å². The molecular formula is C14H18ClN3S. The first-order chi connectivity index (χ1) is 9.11. The smallest absolute Gasteiger partial charge is 0.0987 e. The third-order valence-corrected chi connectivity index (χ3v) is 4.44. The molecule has 0 saturated heterocycles. The molecule has 2 rings (SSSR count). The van der Waals surface area contributed by atoms with Gasteiger partial charge in [0.15, 0.2) is 0 Å². The highest BCUT2D eigenvalue weighted by atomic mass is 35.5. The fourth-order valence-electron chi connectivity index (χ4n) is 1.97. The van der Waals surface area contributed by atoms with Gasteiger partial charge in [0.2, 0.25) is 0 Å². The first-order valence-electron chi connectivity index (χ1n) is 6.16. The SMILES string of the molecule is CNCc1c(C)nn(C)c1SCc1ccc(Cl)cc1. The van der Waals surface area contributed by atoms with E-state index in [-0.39, 0.29) is 0 Å². The molecule has 1 heterocycles. The van der Waals surface area contributed by atoms with E-state index in [0.29, 0.717) is 0 Å². The number of benzene rings is 1. The predicted molar refractivity (Wildman–Crippen MR) is 81.7 cm³/mol. The Morgan fingerprint density at radius 3 is 2.63 bits per heavy atom. The molecule has 1 aromatic heterocycles. The molecule has 1 aromatic carbocycles. The van der Waals surface area contributed by atoms with Crippen LogP contribution in [0.1, 0.15) is 16.8 Å². The summed E-state index contributed by atoms with van der Waals surface area (Å²) in [4.78, 5) is 0. The van der Waals surface area contributed by atoms with Gasteiger partial charge in [-0.2, -0.15) is 5.10 Å². The molecule has 1 N–H and O–H groups in total. The number of halogens is 1. The fourth-order valence-corrected chi connectivity index (χ4v) is 3.22. The second-order valence-electron chi connectivity index (χ2n) is 4.44. The third-order valence-electron chi connectivity index (χ3n) is 2.93. The van der Waals surface area contributed by atoms with Gasteiger partial charge in [-0.3, -0.25) is 4.68 Å². The Bertz CT molecular complexity index is 549. The van der Waals surface area contributed by atoms with E-state index in [2.05, 4.69) is 29.5 Å². The maximum atomic E-state index is 5.89. The van der Waals surface area contributed by atoms with Gasteiger partial charge in [-0.25, -0.2) is 0 Å². The maximum absolute atomic E-state index is 5.89. The summed E-state index contributed by atoms with van der Waals surface area (Å²) < 4.78 is 1.96. The zero-order valence-electron chi connectivity index (χ0n) is 11.4. The first kappa shape index (κ1) is 14.4. The molecule has 5 heteroatoms. The van der Waals surface area contributed by atoms with E-state index in [4.69, 9.17) is 11.6 Å².